The third kappa shape index (κ3) is 5.05. The summed E-state index contributed by atoms with van der Waals surface area (Å²) in [5.41, 5.74) is 1.57. The van der Waals surface area contributed by atoms with Gasteiger partial charge >= 0.3 is 0 Å². The molecule has 0 aliphatic carbocycles. The molecule has 0 saturated carbocycles. The number of aromatic nitrogens is 1. The van der Waals surface area contributed by atoms with E-state index in [0.717, 1.165) is 42.7 Å². The number of furan rings is 1. The summed E-state index contributed by atoms with van der Waals surface area (Å²) >= 11 is 0. The van der Waals surface area contributed by atoms with Crippen molar-refractivity contribution in [3.63, 3.8) is 0 Å². The van der Waals surface area contributed by atoms with E-state index in [-0.39, 0.29) is 11.7 Å². The van der Waals surface area contributed by atoms with Crippen molar-refractivity contribution in [1.82, 2.24) is 9.88 Å². The van der Waals surface area contributed by atoms with Crippen molar-refractivity contribution < 1.29 is 18.3 Å². The molecule has 0 unspecified atom stereocenters. The van der Waals surface area contributed by atoms with Crippen LogP contribution in [0.1, 0.15) is 41.8 Å². The first-order valence-electron chi connectivity index (χ1n) is 10.8. The molecule has 3 heterocycles. The predicted molar refractivity (Wildman–Crippen MR) is 118 cm³/mol. The lowest BCUT2D eigenvalue weighted by molar-refractivity contribution is 0.0649. The smallest absolute Gasteiger partial charge is 0.289 e. The van der Waals surface area contributed by atoms with Gasteiger partial charge in [-0.25, -0.2) is 9.37 Å². The molecular weight excluding hydrogens is 397 g/mol. The zero-order valence-corrected chi connectivity index (χ0v) is 17.8. The summed E-state index contributed by atoms with van der Waals surface area (Å²) in [7, 11) is 1.62. The number of anilines is 1. The molecule has 0 N–H and O–H groups in total. The predicted octanol–water partition coefficient (Wildman–Crippen LogP) is 4.64. The fraction of sp³-hybridized carbons (Fsp3) is 0.417. The molecule has 4 rings (SSSR count). The van der Waals surface area contributed by atoms with Gasteiger partial charge in [0.25, 0.3) is 5.91 Å². The van der Waals surface area contributed by atoms with Crippen molar-refractivity contribution in [2.24, 2.45) is 0 Å². The number of fused-ring (bicyclic) bond motifs is 1. The van der Waals surface area contributed by atoms with Gasteiger partial charge in [0.1, 0.15) is 11.6 Å². The van der Waals surface area contributed by atoms with Gasteiger partial charge in [-0.05, 0) is 43.2 Å². The Morgan fingerprint density at radius 1 is 1.19 bits per heavy atom. The van der Waals surface area contributed by atoms with Gasteiger partial charge in [-0.1, -0.05) is 12.8 Å². The van der Waals surface area contributed by atoms with Crippen molar-refractivity contribution >= 4 is 22.6 Å². The summed E-state index contributed by atoms with van der Waals surface area (Å²) in [6.07, 6.45) is 6.09. The van der Waals surface area contributed by atoms with Gasteiger partial charge < -0.3 is 19.0 Å². The Bertz CT molecular complexity index is 1010. The topological polar surface area (TPSA) is 58.8 Å². The highest BCUT2D eigenvalue weighted by Gasteiger charge is 2.23. The molecule has 0 radical (unpaired) electrons. The quantitative estimate of drug-likeness (QED) is 0.552. The van der Waals surface area contributed by atoms with E-state index in [4.69, 9.17) is 14.1 Å². The number of ether oxygens (including phenoxy) is 1. The minimum absolute atomic E-state index is 0.192. The van der Waals surface area contributed by atoms with Crippen LogP contribution >= 0.6 is 0 Å². The molecule has 7 heteroatoms. The maximum atomic E-state index is 13.9. The Labute approximate surface area is 181 Å². The van der Waals surface area contributed by atoms with E-state index in [1.165, 1.54) is 31.2 Å². The third-order valence-electron chi connectivity index (χ3n) is 5.69. The SMILES string of the molecule is COCCN(Cc1cc2ccc(F)cc2nc1N1CCCCCC1)C(=O)c1ccco1. The molecule has 2 aromatic heterocycles. The molecule has 31 heavy (non-hydrogen) atoms. The summed E-state index contributed by atoms with van der Waals surface area (Å²) in [6.45, 7) is 3.03. The number of hydrogen-bond donors (Lipinski definition) is 0. The fourth-order valence-electron chi connectivity index (χ4n) is 4.06. The zero-order valence-electron chi connectivity index (χ0n) is 17.8. The number of carbonyl (C=O) groups excluding carboxylic acids is 1. The van der Waals surface area contributed by atoms with Gasteiger partial charge in [0, 0.05) is 50.3 Å². The van der Waals surface area contributed by atoms with Crippen molar-refractivity contribution in [2.75, 3.05) is 38.3 Å². The van der Waals surface area contributed by atoms with Crippen LogP contribution in [0.3, 0.4) is 0 Å². The van der Waals surface area contributed by atoms with Gasteiger partial charge in [0.15, 0.2) is 5.76 Å². The van der Waals surface area contributed by atoms with Gasteiger partial charge in [-0.3, -0.25) is 4.79 Å². The first-order chi connectivity index (χ1) is 15.2. The van der Waals surface area contributed by atoms with Gasteiger partial charge in [0.2, 0.25) is 0 Å². The van der Waals surface area contributed by atoms with Crippen LogP contribution in [0, 0.1) is 5.82 Å². The molecule has 1 fully saturated rings. The molecule has 0 bridgehead atoms. The van der Waals surface area contributed by atoms with Gasteiger partial charge in [-0.15, -0.1) is 0 Å². The highest BCUT2D eigenvalue weighted by Crippen LogP contribution is 2.28. The third-order valence-corrected chi connectivity index (χ3v) is 5.69. The Morgan fingerprint density at radius 2 is 2.00 bits per heavy atom. The van der Waals surface area contributed by atoms with E-state index < -0.39 is 0 Å². The van der Waals surface area contributed by atoms with Crippen molar-refractivity contribution in [2.45, 2.75) is 32.2 Å². The number of hydrogen-bond acceptors (Lipinski definition) is 5. The lowest BCUT2D eigenvalue weighted by Gasteiger charge is -2.28. The molecular formula is C24H28FN3O3. The normalized spacial score (nSPS) is 14.6. The van der Waals surface area contributed by atoms with E-state index in [0.29, 0.717) is 31.0 Å². The van der Waals surface area contributed by atoms with E-state index in [1.54, 1.807) is 30.2 Å². The van der Waals surface area contributed by atoms with Crippen LogP contribution in [0.25, 0.3) is 10.9 Å². The van der Waals surface area contributed by atoms with Crippen LogP contribution in [-0.2, 0) is 11.3 Å². The monoisotopic (exact) mass is 425 g/mol. The largest absolute Gasteiger partial charge is 0.459 e. The highest BCUT2D eigenvalue weighted by molar-refractivity contribution is 5.91. The molecule has 1 aliphatic heterocycles. The summed E-state index contributed by atoms with van der Waals surface area (Å²) in [6, 6.07) is 10.0. The Kier molecular flexibility index (Phi) is 6.82. The standard InChI is InChI=1S/C24H28FN3O3/c1-30-14-12-28(24(29)22-7-6-13-31-22)17-19-15-18-8-9-20(25)16-21(18)26-23(19)27-10-4-2-3-5-11-27/h6-9,13,15-16H,2-5,10-12,14,17H2,1H3. The molecule has 0 spiro atoms. The zero-order chi connectivity index (χ0) is 21.6. The maximum absolute atomic E-state index is 13.9. The molecule has 6 nitrogen and oxygen atoms in total. The van der Waals surface area contributed by atoms with Crippen molar-refractivity contribution in [1.29, 1.82) is 0 Å². The molecule has 164 valence electrons. The molecule has 1 saturated heterocycles. The minimum Gasteiger partial charge on any atom is -0.459 e. The van der Waals surface area contributed by atoms with E-state index in [2.05, 4.69) is 4.90 Å². The van der Waals surface area contributed by atoms with Gasteiger partial charge in [-0.2, -0.15) is 0 Å². The number of pyridine rings is 1. The summed E-state index contributed by atoms with van der Waals surface area (Å²) < 4.78 is 24.4. The van der Waals surface area contributed by atoms with E-state index in [9.17, 15) is 9.18 Å². The first-order valence-corrected chi connectivity index (χ1v) is 10.8. The lowest BCUT2D eigenvalue weighted by Crippen LogP contribution is -2.34. The number of halogens is 1. The lowest BCUT2D eigenvalue weighted by atomic mass is 10.1. The van der Waals surface area contributed by atoms with Crippen molar-refractivity contribution in [3.05, 3.63) is 59.8 Å². The highest BCUT2D eigenvalue weighted by atomic mass is 19.1. The second-order valence-electron chi connectivity index (χ2n) is 7.91. The first kappa shape index (κ1) is 21.3. The second-order valence-corrected chi connectivity index (χ2v) is 7.91. The molecule has 1 aromatic carbocycles. The van der Waals surface area contributed by atoms with Crippen molar-refractivity contribution in [3.8, 4) is 0 Å². The van der Waals surface area contributed by atoms with Crippen LogP contribution in [0.15, 0.2) is 47.1 Å². The minimum atomic E-state index is -0.302. The van der Waals surface area contributed by atoms with Crippen LogP contribution in [0.4, 0.5) is 10.2 Å². The Balaban J connectivity index is 1.72. The fourth-order valence-corrected chi connectivity index (χ4v) is 4.06. The second kappa shape index (κ2) is 9.92. The average Bonchev–Trinajstić information content (AvgIpc) is 3.18. The Hall–Kier alpha value is -2.93. The number of methoxy groups -OCH3 is 1. The maximum Gasteiger partial charge on any atom is 0.289 e. The number of benzene rings is 1. The van der Waals surface area contributed by atoms with Crippen LogP contribution in [-0.4, -0.2) is 49.1 Å². The van der Waals surface area contributed by atoms with Crippen LogP contribution in [0.2, 0.25) is 0 Å². The van der Waals surface area contributed by atoms with E-state index in [1.807, 2.05) is 6.07 Å². The van der Waals surface area contributed by atoms with E-state index >= 15 is 0 Å². The number of carbonyl (C=O) groups is 1. The van der Waals surface area contributed by atoms with Crippen LogP contribution < -0.4 is 4.90 Å². The number of rotatable bonds is 7. The molecule has 0 atom stereocenters. The van der Waals surface area contributed by atoms with Crippen LogP contribution in [0.5, 0.6) is 0 Å². The molecule has 3 aromatic rings. The molecule has 1 aliphatic rings. The van der Waals surface area contributed by atoms with Gasteiger partial charge in [0.05, 0.1) is 18.4 Å². The summed E-state index contributed by atoms with van der Waals surface area (Å²) in [4.78, 5) is 21.9. The number of amides is 1. The average molecular weight is 426 g/mol. The summed E-state index contributed by atoms with van der Waals surface area (Å²) in [5, 5.41) is 0.854. The number of nitrogens with zero attached hydrogens (tertiary/aromatic N) is 3. The molecule has 1 amide bonds. The summed E-state index contributed by atoms with van der Waals surface area (Å²) in [5.74, 6) is 0.630. The Morgan fingerprint density at radius 3 is 2.71 bits per heavy atom.